The molecule has 0 fully saturated rings. The Bertz CT molecular complexity index is 786. The van der Waals surface area contributed by atoms with E-state index in [9.17, 15) is 0 Å². The third kappa shape index (κ3) is 2.46. The zero-order valence-electron chi connectivity index (χ0n) is 14.9. The molecule has 0 amide bonds. The van der Waals surface area contributed by atoms with Crippen molar-refractivity contribution >= 4 is 21.8 Å². The van der Waals surface area contributed by atoms with Crippen LogP contribution in [0, 0.1) is 0 Å². The van der Waals surface area contributed by atoms with Crippen LogP contribution in [0.3, 0.4) is 0 Å². The normalized spacial score (nSPS) is 13.9. The molecule has 0 saturated carbocycles. The van der Waals surface area contributed by atoms with E-state index in [1.165, 1.54) is 21.9 Å². The lowest BCUT2D eigenvalue weighted by Crippen LogP contribution is -2.10. The van der Waals surface area contributed by atoms with Gasteiger partial charge in [0.05, 0.1) is 0 Å². The monoisotopic (exact) mass is 280 g/mol. The van der Waals surface area contributed by atoms with Crippen molar-refractivity contribution in [2.75, 3.05) is 0 Å². The average Bonchev–Trinajstić information content (AvgIpc) is 2.70. The molecular formula is C20H25N. The molecule has 1 N–H and O–H groups in total. The van der Waals surface area contributed by atoms with Crippen molar-refractivity contribution < 1.29 is 1.41 Å². The Hall–Kier alpha value is -1.76. The first kappa shape index (κ1) is 12.9. The van der Waals surface area contributed by atoms with Crippen LogP contribution in [0.2, 0.25) is 1.41 Å². The Morgan fingerprint density at radius 1 is 0.714 bits per heavy atom. The smallest absolute Gasteiger partial charge is 0.167 e. The minimum absolute atomic E-state index is 0.117. The van der Waals surface area contributed by atoms with Gasteiger partial charge in [0.25, 0.3) is 0 Å². The second kappa shape index (κ2) is 4.37. The first-order valence-electron chi connectivity index (χ1n) is 8.12. The van der Waals surface area contributed by atoms with E-state index < -0.39 is 0 Å². The van der Waals surface area contributed by atoms with Gasteiger partial charge in [0, 0.05) is 21.8 Å². The van der Waals surface area contributed by atoms with E-state index in [0.29, 0.717) is 0 Å². The van der Waals surface area contributed by atoms with Crippen LogP contribution < -0.4 is 0 Å². The molecule has 0 unspecified atom stereocenters. The van der Waals surface area contributed by atoms with E-state index in [1.54, 1.807) is 4.98 Å². The molecule has 3 rings (SSSR count). The Morgan fingerprint density at radius 2 is 1.10 bits per heavy atom. The maximum atomic E-state index is 8.38. The van der Waals surface area contributed by atoms with Gasteiger partial charge >= 0.3 is 0 Å². The Kier molecular flexibility index (Phi) is 2.69. The number of benzene rings is 2. The van der Waals surface area contributed by atoms with Crippen molar-refractivity contribution in [3.8, 4) is 0 Å². The molecule has 0 aliphatic carbocycles. The maximum absolute atomic E-state index is 8.38. The van der Waals surface area contributed by atoms with Crippen molar-refractivity contribution in [1.29, 1.82) is 0 Å². The van der Waals surface area contributed by atoms with Crippen LogP contribution >= 0.6 is 0 Å². The number of hydrogen-bond donors (Lipinski definition) is 1. The van der Waals surface area contributed by atoms with Gasteiger partial charge in [-0.25, -0.2) is 0 Å². The molecule has 0 bridgehead atoms. The van der Waals surface area contributed by atoms with E-state index in [2.05, 4.69) is 77.9 Å². The van der Waals surface area contributed by atoms with E-state index in [0.717, 1.165) is 11.0 Å². The number of aromatic nitrogens is 1. The quantitative estimate of drug-likeness (QED) is 0.526. The van der Waals surface area contributed by atoms with Gasteiger partial charge in [-0.05, 0) is 46.2 Å². The molecule has 0 spiro atoms. The highest BCUT2D eigenvalue weighted by Gasteiger charge is 2.17. The van der Waals surface area contributed by atoms with Crippen molar-refractivity contribution in [3.63, 3.8) is 0 Å². The first-order valence-corrected chi connectivity index (χ1v) is 7.67. The number of rotatable bonds is 0. The van der Waals surface area contributed by atoms with Crippen LogP contribution in [0.5, 0.6) is 0 Å². The van der Waals surface area contributed by atoms with Crippen LogP contribution in [-0.2, 0) is 10.8 Å². The van der Waals surface area contributed by atoms with Gasteiger partial charge in [-0.15, -0.1) is 0 Å². The molecular weight excluding hydrogens is 254 g/mol. The van der Waals surface area contributed by atoms with Crippen LogP contribution in [-0.4, -0.2) is 4.98 Å². The molecule has 0 aliphatic rings. The van der Waals surface area contributed by atoms with Gasteiger partial charge in [0.2, 0.25) is 0 Å². The number of fused-ring (bicyclic) bond motifs is 3. The number of aromatic amines is 1. The molecule has 2 aromatic carbocycles. The summed E-state index contributed by atoms with van der Waals surface area (Å²) >= 11 is 0. The number of H-pyrrole nitrogens is 1. The Morgan fingerprint density at radius 3 is 1.43 bits per heavy atom. The second-order valence-electron chi connectivity index (χ2n) is 8.08. The van der Waals surface area contributed by atoms with Crippen LogP contribution in [0.4, 0.5) is 0 Å². The molecule has 0 saturated heterocycles. The van der Waals surface area contributed by atoms with Crippen LogP contribution in [0.25, 0.3) is 21.8 Å². The fraction of sp³-hybridized carbons (Fsp3) is 0.400. The minimum Gasteiger partial charge on any atom is -0.355 e. The van der Waals surface area contributed by atoms with Gasteiger partial charge in [-0.3, -0.25) is 0 Å². The molecule has 1 aromatic heterocycles. The maximum Gasteiger partial charge on any atom is 0.167 e. The molecule has 1 heteroatoms. The molecule has 110 valence electrons. The number of nitrogens with one attached hydrogen (secondary N) is 1. The highest BCUT2D eigenvalue weighted by atomic mass is 14.7. The van der Waals surface area contributed by atoms with Gasteiger partial charge < -0.3 is 4.98 Å². The highest BCUT2D eigenvalue weighted by Crippen LogP contribution is 2.33. The third-order valence-electron chi connectivity index (χ3n) is 4.26. The van der Waals surface area contributed by atoms with Crippen molar-refractivity contribution in [2.24, 2.45) is 0 Å². The van der Waals surface area contributed by atoms with E-state index in [-0.39, 0.29) is 10.8 Å². The van der Waals surface area contributed by atoms with Gasteiger partial charge in [0.1, 0.15) is 0 Å². The molecule has 1 heterocycles. The summed E-state index contributed by atoms with van der Waals surface area (Å²) in [4.78, 5) is 1.56. The predicted octanol–water partition coefficient (Wildman–Crippen LogP) is 5.92. The number of hydrogen-bond acceptors (Lipinski definition) is 0. The van der Waals surface area contributed by atoms with E-state index in [1.807, 2.05) is 0 Å². The largest absolute Gasteiger partial charge is 0.355 e. The SMILES string of the molecule is [2H]n1c2ccc(C(C)(C)C)cc2c2cc(C(C)(C)C)ccc21. The lowest BCUT2D eigenvalue weighted by atomic mass is 9.85. The van der Waals surface area contributed by atoms with Crippen molar-refractivity contribution in [1.82, 2.24) is 4.98 Å². The standard InChI is InChI=1S/C20H25N/c1-19(2,3)13-7-9-17-15(11-13)16-12-14(20(4,5)6)8-10-18(16)21-17/h7-12,21H,1-6H3/i/hD. The molecule has 0 aliphatic heterocycles. The van der Waals surface area contributed by atoms with Crippen LogP contribution in [0.1, 0.15) is 52.7 Å². The fourth-order valence-electron chi connectivity index (χ4n) is 2.76. The third-order valence-corrected chi connectivity index (χ3v) is 4.26. The summed E-state index contributed by atoms with van der Waals surface area (Å²) in [5, 5.41) is 2.37. The summed E-state index contributed by atoms with van der Waals surface area (Å²) in [5.41, 5.74) is 4.82. The molecule has 1 nitrogen and oxygen atoms in total. The Labute approximate surface area is 128 Å². The van der Waals surface area contributed by atoms with E-state index >= 15 is 0 Å². The molecule has 0 atom stereocenters. The van der Waals surface area contributed by atoms with Crippen molar-refractivity contribution in [2.45, 2.75) is 52.4 Å². The van der Waals surface area contributed by atoms with Crippen molar-refractivity contribution in [3.05, 3.63) is 47.5 Å². The summed E-state index contributed by atoms with van der Waals surface area (Å²) in [5.74, 6) is 0. The molecule has 21 heavy (non-hydrogen) atoms. The average molecular weight is 280 g/mol. The zero-order valence-corrected chi connectivity index (χ0v) is 13.9. The van der Waals surface area contributed by atoms with Gasteiger partial charge in [-0.1, -0.05) is 53.7 Å². The highest BCUT2D eigenvalue weighted by molar-refractivity contribution is 6.07. The first-order chi connectivity index (χ1) is 10.1. The Balaban J connectivity index is 2.38. The summed E-state index contributed by atoms with van der Waals surface area (Å²) in [7, 11) is 0. The second-order valence-corrected chi connectivity index (χ2v) is 8.08. The fourth-order valence-corrected chi connectivity index (χ4v) is 2.76. The lowest BCUT2D eigenvalue weighted by molar-refractivity contribution is 0.590. The summed E-state index contributed by atoms with van der Waals surface area (Å²) in [6, 6.07) is 13.0. The zero-order chi connectivity index (χ0) is 16.3. The van der Waals surface area contributed by atoms with Gasteiger partial charge in [-0.2, -0.15) is 0 Å². The predicted molar refractivity (Wildman–Crippen MR) is 93.2 cm³/mol. The minimum atomic E-state index is 0.117. The summed E-state index contributed by atoms with van der Waals surface area (Å²) < 4.78 is 8.38. The summed E-state index contributed by atoms with van der Waals surface area (Å²) in [6.45, 7) is 13.4. The summed E-state index contributed by atoms with van der Waals surface area (Å²) in [6.07, 6.45) is 0. The van der Waals surface area contributed by atoms with Gasteiger partial charge in [0.15, 0.2) is 1.41 Å². The van der Waals surface area contributed by atoms with Crippen LogP contribution in [0.15, 0.2) is 36.4 Å². The topological polar surface area (TPSA) is 15.8 Å². The molecule has 0 radical (unpaired) electrons. The van der Waals surface area contributed by atoms with E-state index in [4.69, 9.17) is 1.41 Å². The molecule has 3 aromatic rings. The lowest BCUT2D eigenvalue weighted by Gasteiger charge is -2.19.